The molecule has 0 aliphatic rings. The van der Waals surface area contributed by atoms with Crippen molar-refractivity contribution in [2.75, 3.05) is 6.54 Å². The van der Waals surface area contributed by atoms with Gasteiger partial charge in [-0.05, 0) is 62.7 Å². The highest BCUT2D eigenvalue weighted by Gasteiger charge is 2.31. The molecule has 7 nitrogen and oxygen atoms in total. The van der Waals surface area contributed by atoms with Crippen molar-refractivity contribution in [2.45, 2.75) is 43.7 Å². The van der Waals surface area contributed by atoms with Crippen LogP contribution in [0.1, 0.15) is 42.8 Å². The van der Waals surface area contributed by atoms with E-state index in [2.05, 4.69) is 14.8 Å². The molecule has 0 spiro atoms. The fourth-order valence-electron chi connectivity index (χ4n) is 2.55. The average Bonchev–Trinajstić information content (AvgIpc) is 2.63. The summed E-state index contributed by atoms with van der Waals surface area (Å²) in [5.41, 5.74) is -0.206. The predicted molar refractivity (Wildman–Crippen MR) is 107 cm³/mol. The van der Waals surface area contributed by atoms with E-state index in [9.17, 15) is 31.5 Å². The van der Waals surface area contributed by atoms with E-state index in [-0.39, 0.29) is 22.6 Å². The summed E-state index contributed by atoms with van der Waals surface area (Å²) in [5.74, 6) is -0.979. The van der Waals surface area contributed by atoms with Crippen molar-refractivity contribution in [1.29, 1.82) is 0 Å². The van der Waals surface area contributed by atoms with E-state index in [4.69, 9.17) is 0 Å². The molecule has 170 valence electrons. The first-order valence-corrected chi connectivity index (χ1v) is 10.6. The van der Waals surface area contributed by atoms with Gasteiger partial charge in [0.15, 0.2) is 0 Å². The van der Waals surface area contributed by atoms with E-state index in [0.717, 1.165) is 12.1 Å². The van der Waals surface area contributed by atoms with E-state index in [0.29, 0.717) is 0 Å². The summed E-state index contributed by atoms with van der Waals surface area (Å²) in [4.78, 5) is 12.2. The quantitative estimate of drug-likeness (QED) is 0.589. The molecule has 0 saturated carbocycles. The molecule has 2 aromatic rings. The average molecular weight is 460 g/mol. The third-order valence-electron chi connectivity index (χ3n) is 3.82. The molecule has 1 amide bonds. The normalized spacial score (nSPS) is 13.5. The molecule has 1 unspecified atom stereocenters. The van der Waals surface area contributed by atoms with Crippen LogP contribution in [0.3, 0.4) is 0 Å². The predicted octanol–water partition coefficient (Wildman–Crippen LogP) is 3.13. The molecule has 0 aromatic heterocycles. The van der Waals surface area contributed by atoms with Crippen molar-refractivity contribution in [1.82, 2.24) is 10.0 Å². The van der Waals surface area contributed by atoms with Crippen molar-refractivity contribution in [3.8, 4) is 5.75 Å². The van der Waals surface area contributed by atoms with Crippen molar-refractivity contribution >= 4 is 15.9 Å². The first-order valence-electron chi connectivity index (χ1n) is 9.12. The number of hydrogen-bond acceptors (Lipinski definition) is 5. The van der Waals surface area contributed by atoms with Gasteiger partial charge in [-0.15, -0.1) is 13.2 Å². The van der Waals surface area contributed by atoms with Crippen LogP contribution in [0.15, 0.2) is 53.4 Å². The zero-order chi connectivity index (χ0) is 23.4. The standard InChI is InChI=1S/C20H23F3N2O5S/c1-19(2,3)25-31(28,29)16-10-6-14(7-11-16)18(27)24-12-17(26)13-4-8-15(9-5-13)30-20(21,22)23/h4-11,17,25-26H,12H2,1-3H3,(H,24,27). The fourth-order valence-corrected chi connectivity index (χ4v) is 3.97. The number of alkyl halides is 3. The van der Waals surface area contributed by atoms with Gasteiger partial charge in [-0.25, -0.2) is 13.1 Å². The molecule has 0 heterocycles. The van der Waals surface area contributed by atoms with Crippen molar-refractivity contribution in [3.05, 3.63) is 59.7 Å². The first-order chi connectivity index (χ1) is 14.2. The van der Waals surface area contributed by atoms with E-state index in [1.807, 2.05) is 0 Å². The van der Waals surface area contributed by atoms with Crippen LogP contribution >= 0.6 is 0 Å². The zero-order valence-corrected chi connectivity index (χ0v) is 17.8. The Morgan fingerprint density at radius 1 is 1.03 bits per heavy atom. The Labute approximate surface area is 178 Å². The highest BCUT2D eigenvalue weighted by molar-refractivity contribution is 7.89. The topological polar surface area (TPSA) is 105 Å². The summed E-state index contributed by atoms with van der Waals surface area (Å²) >= 11 is 0. The van der Waals surface area contributed by atoms with Crippen LogP contribution in [0.25, 0.3) is 0 Å². The second-order valence-corrected chi connectivity index (χ2v) is 9.40. The lowest BCUT2D eigenvalue weighted by atomic mass is 10.1. The van der Waals surface area contributed by atoms with Gasteiger partial charge >= 0.3 is 6.36 Å². The maximum absolute atomic E-state index is 12.3. The van der Waals surface area contributed by atoms with Crippen LogP contribution in [0.2, 0.25) is 0 Å². The van der Waals surface area contributed by atoms with Crippen LogP contribution in [0, 0.1) is 0 Å². The summed E-state index contributed by atoms with van der Waals surface area (Å²) in [5, 5.41) is 12.6. The summed E-state index contributed by atoms with van der Waals surface area (Å²) in [7, 11) is -3.74. The molecule has 11 heteroatoms. The monoisotopic (exact) mass is 460 g/mol. The molecule has 31 heavy (non-hydrogen) atoms. The Kier molecular flexibility index (Phi) is 7.35. The minimum Gasteiger partial charge on any atom is -0.406 e. The van der Waals surface area contributed by atoms with Gasteiger partial charge in [0.25, 0.3) is 5.91 Å². The Bertz CT molecular complexity index is 999. The van der Waals surface area contributed by atoms with Crippen LogP contribution < -0.4 is 14.8 Å². The van der Waals surface area contributed by atoms with E-state index >= 15 is 0 Å². The third-order valence-corrected chi connectivity index (χ3v) is 5.60. The van der Waals surface area contributed by atoms with Crippen molar-refractivity contribution in [2.24, 2.45) is 0 Å². The Hall–Kier alpha value is -2.63. The summed E-state index contributed by atoms with van der Waals surface area (Å²) in [6, 6.07) is 9.86. The number of ether oxygens (including phenoxy) is 1. The molecule has 2 aromatic carbocycles. The van der Waals surface area contributed by atoms with Crippen molar-refractivity contribution < 1.29 is 36.2 Å². The maximum Gasteiger partial charge on any atom is 0.573 e. The zero-order valence-electron chi connectivity index (χ0n) is 17.0. The highest BCUT2D eigenvalue weighted by Crippen LogP contribution is 2.24. The number of amides is 1. The summed E-state index contributed by atoms with van der Waals surface area (Å²) in [6.07, 6.45) is -5.98. The van der Waals surface area contributed by atoms with Gasteiger partial charge < -0.3 is 15.2 Å². The highest BCUT2D eigenvalue weighted by atomic mass is 32.2. The SMILES string of the molecule is CC(C)(C)NS(=O)(=O)c1ccc(C(=O)NCC(O)c2ccc(OC(F)(F)F)cc2)cc1. The maximum atomic E-state index is 12.3. The molecule has 0 bridgehead atoms. The van der Waals surface area contributed by atoms with Crippen LogP contribution in [0.4, 0.5) is 13.2 Å². The largest absolute Gasteiger partial charge is 0.573 e. The van der Waals surface area contributed by atoms with Gasteiger partial charge in [-0.3, -0.25) is 4.79 Å². The lowest BCUT2D eigenvalue weighted by Crippen LogP contribution is -2.40. The third kappa shape index (κ3) is 7.85. The van der Waals surface area contributed by atoms with E-state index < -0.39 is 39.7 Å². The lowest BCUT2D eigenvalue weighted by molar-refractivity contribution is -0.274. The van der Waals surface area contributed by atoms with E-state index in [1.165, 1.54) is 36.4 Å². The molecule has 1 atom stereocenters. The van der Waals surface area contributed by atoms with Gasteiger partial charge in [0.1, 0.15) is 5.75 Å². The number of nitrogens with one attached hydrogen (secondary N) is 2. The fraction of sp³-hybridized carbons (Fsp3) is 0.350. The number of carbonyl (C=O) groups excluding carboxylic acids is 1. The summed E-state index contributed by atoms with van der Waals surface area (Å²) < 4.78 is 67.4. The molecule has 0 aliphatic carbocycles. The number of rotatable bonds is 7. The number of aliphatic hydroxyl groups is 1. The number of carbonyl (C=O) groups is 1. The molecule has 0 fully saturated rings. The molecule has 0 aliphatic heterocycles. The van der Waals surface area contributed by atoms with Crippen LogP contribution in [-0.2, 0) is 10.0 Å². The Balaban J connectivity index is 1.96. The number of sulfonamides is 1. The number of hydrogen-bond donors (Lipinski definition) is 3. The minimum atomic E-state index is -4.81. The van der Waals surface area contributed by atoms with Crippen LogP contribution in [0.5, 0.6) is 5.75 Å². The lowest BCUT2D eigenvalue weighted by Gasteiger charge is -2.20. The smallest absolute Gasteiger partial charge is 0.406 e. The van der Waals surface area contributed by atoms with Gasteiger partial charge in [0.2, 0.25) is 10.0 Å². The van der Waals surface area contributed by atoms with Gasteiger partial charge in [-0.2, -0.15) is 0 Å². The molecule has 3 N–H and O–H groups in total. The Morgan fingerprint density at radius 3 is 2.06 bits per heavy atom. The minimum absolute atomic E-state index is 0.000162. The van der Waals surface area contributed by atoms with Gasteiger partial charge in [0, 0.05) is 17.6 Å². The van der Waals surface area contributed by atoms with Gasteiger partial charge in [-0.1, -0.05) is 12.1 Å². The number of aliphatic hydroxyl groups excluding tert-OH is 1. The molecule has 2 rings (SSSR count). The number of halogens is 3. The molecule has 0 saturated heterocycles. The summed E-state index contributed by atoms with van der Waals surface area (Å²) in [6.45, 7) is 4.90. The van der Waals surface area contributed by atoms with E-state index in [1.54, 1.807) is 20.8 Å². The Morgan fingerprint density at radius 2 is 1.58 bits per heavy atom. The first kappa shape index (κ1) is 24.6. The molecule has 0 radical (unpaired) electrons. The second-order valence-electron chi connectivity index (χ2n) is 7.72. The van der Waals surface area contributed by atoms with Crippen LogP contribution in [-0.4, -0.2) is 37.9 Å². The van der Waals surface area contributed by atoms with Gasteiger partial charge in [0.05, 0.1) is 11.0 Å². The second kappa shape index (κ2) is 9.25. The molecular weight excluding hydrogens is 437 g/mol. The van der Waals surface area contributed by atoms with Crippen molar-refractivity contribution in [3.63, 3.8) is 0 Å². The number of benzene rings is 2. The molecular formula is C20H23F3N2O5S.